The summed E-state index contributed by atoms with van der Waals surface area (Å²) in [5.41, 5.74) is 8.12. The lowest BCUT2D eigenvalue weighted by Crippen LogP contribution is -2.06. The molecule has 0 unspecified atom stereocenters. The second kappa shape index (κ2) is 8.89. The van der Waals surface area contributed by atoms with Gasteiger partial charge in [0.1, 0.15) is 17.5 Å². The second-order valence-electron chi connectivity index (χ2n) is 7.41. The van der Waals surface area contributed by atoms with E-state index in [1.165, 1.54) is 16.8 Å². The number of nitrogens with one attached hydrogen (secondary N) is 1. The standard InChI is InChI=1S/C24H16Cl2F2N6/c25-16-10-9-14(11-17(16)26)34-22(29)20-21(15-6-2-4-8-19(15)28)31-24(32-23(20)33-34)30-12-13-5-1-3-7-18(13)27/h1-11H,12,29H2,(H,30,32,33). The van der Waals surface area contributed by atoms with E-state index in [0.717, 1.165) is 0 Å². The van der Waals surface area contributed by atoms with Crippen molar-refractivity contribution in [2.45, 2.75) is 6.54 Å². The molecule has 5 aromatic rings. The molecule has 0 spiro atoms. The third-order valence-electron chi connectivity index (χ3n) is 5.24. The Morgan fingerprint density at radius 1 is 0.882 bits per heavy atom. The van der Waals surface area contributed by atoms with Gasteiger partial charge in [-0.25, -0.2) is 18.4 Å². The Kier molecular flexibility index (Phi) is 5.77. The van der Waals surface area contributed by atoms with Crippen molar-refractivity contribution in [1.29, 1.82) is 0 Å². The van der Waals surface area contributed by atoms with Crippen molar-refractivity contribution < 1.29 is 8.78 Å². The van der Waals surface area contributed by atoms with Crippen LogP contribution in [0.4, 0.5) is 20.5 Å². The molecule has 0 radical (unpaired) electrons. The number of rotatable bonds is 5. The first-order valence-electron chi connectivity index (χ1n) is 10.2. The molecule has 34 heavy (non-hydrogen) atoms. The van der Waals surface area contributed by atoms with Gasteiger partial charge < -0.3 is 11.1 Å². The molecule has 6 nitrogen and oxygen atoms in total. The molecule has 0 aliphatic rings. The van der Waals surface area contributed by atoms with Crippen LogP contribution < -0.4 is 11.1 Å². The van der Waals surface area contributed by atoms with Gasteiger partial charge in [0.25, 0.3) is 0 Å². The summed E-state index contributed by atoms with van der Waals surface area (Å²) in [5.74, 6) is -0.497. The number of nitrogens with zero attached hydrogens (tertiary/aromatic N) is 4. The summed E-state index contributed by atoms with van der Waals surface area (Å²) >= 11 is 12.2. The van der Waals surface area contributed by atoms with Crippen molar-refractivity contribution in [1.82, 2.24) is 19.7 Å². The number of hydrogen-bond acceptors (Lipinski definition) is 5. The molecule has 0 saturated heterocycles. The van der Waals surface area contributed by atoms with Gasteiger partial charge in [0.15, 0.2) is 5.65 Å². The maximum Gasteiger partial charge on any atom is 0.225 e. The van der Waals surface area contributed by atoms with Crippen molar-refractivity contribution in [2.24, 2.45) is 0 Å². The van der Waals surface area contributed by atoms with Gasteiger partial charge >= 0.3 is 0 Å². The minimum absolute atomic E-state index is 0.123. The number of nitrogen functional groups attached to an aromatic ring is 1. The first-order chi connectivity index (χ1) is 16.4. The third kappa shape index (κ3) is 4.02. The number of aromatic nitrogens is 4. The summed E-state index contributed by atoms with van der Waals surface area (Å²) in [4.78, 5) is 8.96. The van der Waals surface area contributed by atoms with Crippen molar-refractivity contribution in [3.05, 3.63) is 94.0 Å². The Labute approximate surface area is 203 Å². The van der Waals surface area contributed by atoms with Crippen molar-refractivity contribution in [3.8, 4) is 16.9 Å². The van der Waals surface area contributed by atoms with Crippen LogP contribution in [-0.4, -0.2) is 19.7 Å². The number of fused-ring (bicyclic) bond motifs is 1. The Hall–Kier alpha value is -3.75. The van der Waals surface area contributed by atoms with E-state index < -0.39 is 5.82 Å². The number of halogens is 4. The van der Waals surface area contributed by atoms with Crippen molar-refractivity contribution in [3.63, 3.8) is 0 Å². The number of nitrogens with two attached hydrogens (primary N) is 1. The van der Waals surface area contributed by atoms with E-state index >= 15 is 0 Å². The van der Waals surface area contributed by atoms with Gasteiger partial charge in [-0.2, -0.15) is 4.98 Å². The normalized spacial score (nSPS) is 11.2. The SMILES string of the molecule is Nc1c2c(-c3ccccc3F)nc(NCc3ccccc3F)nc2nn1-c1ccc(Cl)c(Cl)c1. The van der Waals surface area contributed by atoms with E-state index in [2.05, 4.69) is 20.4 Å². The van der Waals surface area contributed by atoms with Crippen LogP contribution in [0.5, 0.6) is 0 Å². The Balaban J connectivity index is 1.67. The van der Waals surface area contributed by atoms with Crippen LogP contribution in [0.15, 0.2) is 66.7 Å². The fourth-order valence-corrected chi connectivity index (χ4v) is 3.86. The van der Waals surface area contributed by atoms with E-state index in [4.69, 9.17) is 28.9 Å². The lowest BCUT2D eigenvalue weighted by atomic mass is 10.1. The predicted octanol–water partition coefficient (Wildman–Crippen LogP) is 6.26. The summed E-state index contributed by atoms with van der Waals surface area (Å²) < 4.78 is 30.3. The molecule has 3 N–H and O–H groups in total. The number of hydrogen-bond donors (Lipinski definition) is 2. The highest BCUT2D eigenvalue weighted by molar-refractivity contribution is 6.42. The molecule has 0 saturated carbocycles. The van der Waals surface area contributed by atoms with Crippen LogP contribution >= 0.6 is 23.2 Å². The van der Waals surface area contributed by atoms with Gasteiger partial charge in [-0.15, -0.1) is 5.10 Å². The summed E-state index contributed by atoms with van der Waals surface area (Å²) in [6, 6.07) is 17.5. The molecular formula is C24H16Cl2F2N6. The monoisotopic (exact) mass is 496 g/mol. The number of anilines is 2. The molecule has 170 valence electrons. The highest BCUT2D eigenvalue weighted by Crippen LogP contribution is 2.35. The Morgan fingerprint density at radius 2 is 1.62 bits per heavy atom. The summed E-state index contributed by atoms with van der Waals surface area (Å²) in [6.45, 7) is 0.123. The van der Waals surface area contributed by atoms with Crippen LogP contribution in [0, 0.1) is 11.6 Å². The lowest BCUT2D eigenvalue weighted by molar-refractivity contribution is 0.612. The van der Waals surface area contributed by atoms with Gasteiger partial charge in [0.2, 0.25) is 5.95 Å². The molecule has 0 fully saturated rings. The van der Waals surface area contributed by atoms with Crippen molar-refractivity contribution in [2.75, 3.05) is 11.1 Å². The van der Waals surface area contributed by atoms with E-state index in [-0.39, 0.29) is 41.0 Å². The first-order valence-corrected chi connectivity index (χ1v) is 10.9. The minimum atomic E-state index is -0.482. The molecule has 5 rings (SSSR count). The zero-order chi connectivity index (χ0) is 23.8. The van der Waals surface area contributed by atoms with E-state index in [1.54, 1.807) is 54.6 Å². The van der Waals surface area contributed by atoms with E-state index in [9.17, 15) is 8.78 Å². The molecular weight excluding hydrogens is 481 g/mol. The van der Waals surface area contributed by atoms with Crippen molar-refractivity contribution >= 4 is 46.0 Å². The van der Waals surface area contributed by atoms with Crippen LogP contribution in [0.2, 0.25) is 10.0 Å². The molecule has 3 aromatic carbocycles. The molecule has 2 aromatic heterocycles. The largest absolute Gasteiger partial charge is 0.383 e. The molecule has 0 atom stereocenters. The fraction of sp³-hybridized carbons (Fsp3) is 0.0417. The highest BCUT2D eigenvalue weighted by Gasteiger charge is 2.21. The molecule has 10 heteroatoms. The lowest BCUT2D eigenvalue weighted by Gasteiger charge is -2.10. The van der Waals surface area contributed by atoms with Crippen LogP contribution in [0.1, 0.15) is 5.56 Å². The maximum absolute atomic E-state index is 14.8. The van der Waals surface area contributed by atoms with Gasteiger partial charge in [0, 0.05) is 17.7 Å². The zero-order valence-corrected chi connectivity index (χ0v) is 18.9. The van der Waals surface area contributed by atoms with E-state index in [0.29, 0.717) is 26.7 Å². The summed E-state index contributed by atoms with van der Waals surface area (Å²) in [7, 11) is 0. The van der Waals surface area contributed by atoms with Gasteiger partial charge in [-0.1, -0.05) is 53.5 Å². The Bertz CT molecular complexity index is 1540. The van der Waals surface area contributed by atoms with E-state index in [1.807, 2.05) is 0 Å². The number of benzene rings is 3. The summed E-state index contributed by atoms with van der Waals surface area (Å²) in [6.07, 6.45) is 0. The minimum Gasteiger partial charge on any atom is -0.383 e. The van der Waals surface area contributed by atoms with Gasteiger partial charge in [0.05, 0.1) is 26.8 Å². The maximum atomic E-state index is 14.8. The quantitative estimate of drug-likeness (QED) is 0.300. The van der Waals surface area contributed by atoms with Crippen LogP contribution in [0.25, 0.3) is 28.0 Å². The molecule has 0 amide bonds. The Morgan fingerprint density at radius 3 is 2.35 bits per heavy atom. The summed E-state index contributed by atoms with van der Waals surface area (Å²) in [5, 5.41) is 8.57. The molecule has 0 aliphatic carbocycles. The third-order valence-corrected chi connectivity index (χ3v) is 5.98. The van der Waals surface area contributed by atoms with Gasteiger partial charge in [-0.05, 0) is 36.4 Å². The average Bonchev–Trinajstić information content (AvgIpc) is 3.16. The second-order valence-corrected chi connectivity index (χ2v) is 8.23. The molecule has 0 aliphatic heterocycles. The first kappa shape index (κ1) is 22.1. The fourth-order valence-electron chi connectivity index (χ4n) is 3.57. The molecule has 0 bridgehead atoms. The van der Waals surface area contributed by atoms with Gasteiger partial charge in [-0.3, -0.25) is 0 Å². The van der Waals surface area contributed by atoms with Crippen LogP contribution in [-0.2, 0) is 6.54 Å². The predicted molar refractivity (Wildman–Crippen MR) is 130 cm³/mol. The topological polar surface area (TPSA) is 81.7 Å². The zero-order valence-electron chi connectivity index (χ0n) is 17.4. The average molecular weight is 497 g/mol. The smallest absolute Gasteiger partial charge is 0.225 e. The highest BCUT2D eigenvalue weighted by atomic mass is 35.5. The molecule has 2 heterocycles. The van der Waals surface area contributed by atoms with Crippen LogP contribution in [0.3, 0.4) is 0 Å².